The second kappa shape index (κ2) is 8.29. The van der Waals surface area contributed by atoms with Crippen molar-refractivity contribution in [2.24, 2.45) is 0 Å². The van der Waals surface area contributed by atoms with Crippen molar-refractivity contribution in [3.05, 3.63) is 35.4 Å². The van der Waals surface area contributed by atoms with Gasteiger partial charge in [-0.2, -0.15) is 0 Å². The van der Waals surface area contributed by atoms with Crippen LogP contribution in [-0.4, -0.2) is 36.0 Å². The summed E-state index contributed by atoms with van der Waals surface area (Å²) in [6.07, 6.45) is 0. The summed E-state index contributed by atoms with van der Waals surface area (Å²) in [6.45, 7) is 8.87. The Labute approximate surface area is 126 Å². The summed E-state index contributed by atoms with van der Waals surface area (Å²) in [4.78, 5) is 24.9. The molecule has 1 rings (SSSR count). The number of aryl methyl sites for hydroxylation is 1. The maximum atomic E-state index is 11.7. The van der Waals surface area contributed by atoms with Gasteiger partial charge in [0.05, 0.1) is 0 Å². The molecule has 0 atom stereocenters. The molecule has 0 fully saturated rings. The van der Waals surface area contributed by atoms with Gasteiger partial charge in [0.15, 0.2) is 0 Å². The third kappa shape index (κ3) is 6.79. The number of urea groups is 1. The van der Waals surface area contributed by atoms with Gasteiger partial charge in [-0.25, -0.2) is 4.79 Å². The van der Waals surface area contributed by atoms with Crippen molar-refractivity contribution >= 4 is 11.9 Å². The molecule has 0 saturated carbocycles. The molecule has 0 aromatic heterocycles. The molecule has 2 N–H and O–H groups in total. The van der Waals surface area contributed by atoms with Gasteiger partial charge in [-0.3, -0.25) is 4.79 Å². The molecule has 116 valence electrons. The summed E-state index contributed by atoms with van der Waals surface area (Å²) in [5.41, 5.74) is 2.27. The quantitative estimate of drug-likeness (QED) is 0.842. The molecule has 0 radical (unpaired) electrons. The molecular weight excluding hydrogens is 266 g/mol. The van der Waals surface area contributed by atoms with Gasteiger partial charge in [-0.05, 0) is 26.3 Å². The minimum atomic E-state index is -0.205. The van der Waals surface area contributed by atoms with E-state index in [2.05, 4.69) is 16.7 Å². The smallest absolute Gasteiger partial charge is 0.315 e. The van der Waals surface area contributed by atoms with Crippen molar-refractivity contribution in [1.82, 2.24) is 15.5 Å². The molecule has 0 bridgehead atoms. The summed E-state index contributed by atoms with van der Waals surface area (Å²) in [7, 11) is 0. The van der Waals surface area contributed by atoms with Gasteiger partial charge in [-0.1, -0.05) is 29.8 Å². The van der Waals surface area contributed by atoms with Crippen LogP contribution < -0.4 is 10.6 Å². The van der Waals surface area contributed by atoms with Crippen molar-refractivity contribution in [3.8, 4) is 0 Å². The number of nitrogens with one attached hydrogen (secondary N) is 2. The van der Waals surface area contributed by atoms with Crippen molar-refractivity contribution < 1.29 is 9.59 Å². The van der Waals surface area contributed by atoms with E-state index >= 15 is 0 Å². The third-order valence-corrected chi connectivity index (χ3v) is 2.99. The van der Waals surface area contributed by atoms with E-state index in [1.807, 2.05) is 39.0 Å². The highest BCUT2D eigenvalue weighted by Crippen LogP contribution is 2.07. The van der Waals surface area contributed by atoms with Crippen LogP contribution in [0.5, 0.6) is 0 Å². The molecule has 0 saturated heterocycles. The maximum Gasteiger partial charge on any atom is 0.315 e. The molecule has 0 heterocycles. The Balaban J connectivity index is 2.47. The SMILES string of the molecule is CC(=O)N(CCNC(=O)NC(C)C)Cc1cccc(C)c1. The van der Waals surface area contributed by atoms with Crippen LogP contribution in [0, 0.1) is 6.92 Å². The number of carbonyl (C=O) groups excluding carboxylic acids is 2. The van der Waals surface area contributed by atoms with E-state index < -0.39 is 0 Å². The minimum absolute atomic E-state index is 0.00238. The number of benzene rings is 1. The molecule has 21 heavy (non-hydrogen) atoms. The van der Waals surface area contributed by atoms with Crippen LogP contribution in [0.4, 0.5) is 4.79 Å². The van der Waals surface area contributed by atoms with Crippen molar-refractivity contribution in [3.63, 3.8) is 0 Å². The van der Waals surface area contributed by atoms with Gasteiger partial charge < -0.3 is 15.5 Å². The van der Waals surface area contributed by atoms with Crippen molar-refractivity contribution in [2.45, 2.75) is 40.3 Å². The molecule has 0 aliphatic carbocycles. The Hall–Kier alpha value is -2.04. The van der Waals surface area contributed by atoms with E-state index in [0.717, 1.165) is 5.56 Å². The third-order valence-electron chi connectivity index (χ3n) is 2.99. The zero-order chi connectivity index (χ0) is 15.8. The molecule has 5 nitrogen and oxygen atoms in total. The summed E-state index contributed by atoms with van der Waals surface area (Å²) >= 11 is 0. The van der Waals surface area contributed by atoms with Gasteiger partial charge in [0.25, 0.3) is 0 Å². The molecule has 0 aliphatic rings. The van der Waals surface area contributed by atoms with Gasteiger partial charge in [0, 0.05) is 32.6 Å². The van der Waals surface area contributed by atoms with E-state index in [1.165, 1.54) is 5.56 Å². The molecule has 0 unspecified atom stereocenters. The lowest BCUT2D eigenvalue weighted by Gasteiger charge is -2.22. The van der Waals surface area contributed by atoms with Gasteiger partial charge in [0.2, 0.25) is 5.91 Å². The van der Waals surface area contributed by atoms with Crippen molar-refractivity contribution in [1.29, 1.82) is 0 Å². The summed E-state index contributed by atoms with van der Waals surface area (Å²) in [5, 5.41) is 5.50. The van der Waals surface area contributed by atoms with Gasteiger partial charge in [0.1, 0.15) is 0 Å². The number of amides is 3. The lowest BCUT2D eigenvalue weighted by molar-refractivity contribution is -0.129. The molecular formula is C16H25N3O2. The average molecular weight is 291 g/mol. The summed E-state index contributed by atoms with van der Waals surface area (Å²) in [5.74, 6) is 0.00238. The van der Waals surface area contributed by atoms with Crippen LogP contribution in [-0.2, 0) is 11.3 Å². The molecule has 0 spiro atoms. The average Bonchev–Trinajstić information content (AvgIpc) is 2.36. The maximum absolute atomic E-state index is 11.7. The Morgan fingerprint density at radius 2 is 2.00 bits per heavy atom. The predicted octanol–water partition coefficient (Wildman–Crippen LogP) is 2.05. The monoisotopic (exact) mass is 291 g/mol. The minimum Gasteiger partial charge on any atom is -0.337 e. The van der Waals surface area contributed by atoms with Crippen molar-refractivity contribution in [2.75, 3.05) is 13.1 Å². The lowest BCUT2D eigenvalue weighted by atomic mass is 10.1. The topological polar surface area (TPSA) is 61.4 Å². The predicted molar refractivity (Wildman–Crippen MR) is 83.9 cm³/mol. The highest BCUT2D eigenvalue weighted by Gasteiger charge is 2.10. The van der Waals surface area contributed by atoms with Gasteiger partial charge in [-0.15, -0.1) is 0 Å². The zero-order valence-corrected chi connectivity index (χ0v) is 13.3. The molecule has 1 aromatic rings. The Kier molecular flexibility index (Phi) is 6.72. The van der Waals surface area contributed by atoms with E-state index in [0.29, 0.717) is 19.6 Å². The van der Waals surface area contributed by atoms with Crippen LogP contribution in [0.2, 0.25) is 0 Å². The molecule has 3 amide bonds. The van der Waals surface area contributed by atoms with Crippen LogP contribution in [0.1, 0.15) is 31.9 Å². The number of nitrogens with zero attached hydrogens (tertiary/aromatic N) is 1. The second-order valence-corrected chi connectivity index (χ2v) is 5.48. The fourth-order valence-electron chi connectivity index (χ4n) is 2.00. The lowest BCUT2D eigenvalue weighted by Crippen LogP contribution is -2.43. The first-order valence-electron chi connectivity index (χ1n) is 7.24. The van der Waals surface area contributed by atoms with E-state index in [1.54, 1.807) is 11.8 Å². The fraction of sp³-hybridized carbons (Fsp3) is 0.500. The number of hydrogen-bond acceptors (Lipinski definition) is 2. The Morgan fingerprint density at radius 1 is 1.29 bits per heavy atom. The first-order valence-corrected chi connectivity index (χ1v) is 7.24. The second-order valence-electron chi connectivity index (χ2n) is 5.48. The Morgan fingerprint density at radius 3 is 2.57 bits per heavy atom. The molecule has 0 aliphatic heterocycles. The van der Waals surface area contributed by atoms with E-state index in [9.17, 15) is 9.59 Å². The number of hydrogen-bond donors (Lipinski definition) is 2. The summed E-state index contributed by atoms with van der Waals surface area (Å²) < 4.78 is 0. The van der Waals surface area contributed by atoms with Gasteiger partial charge >= 0.3 is 6.03 Å². The normalized spacial score (nSPS) is 10.3. The fourth-order valence-corrected chi connectivity index (χ4v) is 2.00. The first kappa shape index (κ1) is 17.0. The van der Waals surface area contributed by atoms with Crippen LogP contribution >= 0.6 is 0 Å². The number of carbonyl (C=O) groups is 2. The van der Waals surface area contributed by atoms with E-state index in [4.69, 9.17) is 0 Å². The largest absolute Gasteiger partial charge is 0.337 e. The zero-order valence-electron chi connectivity index (χ0n) is 13.3. The molecule has 1 aromatic carbocycles. The molecule has 5 heteroatoms. The number of rotatable bonds is 6. The van der Waals surface area contributed by atoms with Crippen LogP contribution in [0.3, 0.4) is 0 Å². The Bertz CT molecular complexity index is 486. The summed E-state index contributed by atoms with van der Waals surface area (Å²) in [6, 6.07) is 7.97. The first-order chi connectivity index (χ1) is 9.88. The van der Waals surface area contributed by atoms with Crippen LogP contribution in [0.25, 0.3) is 0 Å². The highest BCUT2D eigenvalue weighted by atomic mass is 16.2. The standard InChI is InChI=1S/C16H25N3O2/c1-12(2)18-16(21)17-8-9-19(14(4)20)11-15-7-5-6-13(3)10-15/h5-7,10,12H,8-9,11H2,1-4H3,(H2,17,18,21). The van der Waals surface area contributed by atoms with E-state index in [-0.39, 0.29) is 18.0 Å². The highest BCUT2D eigenvalue weighted by molar-refractivity contribution is 5.75. The van der Waals surface area contributed by atoms with Crippen LogP contribution in [0.15, 0.2) is 24.3 Å².